The standard InChI is InChI=1S/C24H36N2O4.C2HF3O2/c1-18-5-4-8-25(15-18)16-22-14-24(17-30-22)6-9-26(10-7-24)23(27)19-11-20(28-2)13-21(12-19)29-3;3-2(4,5)1(6)7/h11-13,18,22H,4-10,14-17H2,1-3H3;(H,6,7). The summed E-state index contributed by atoms with van der Waals surface area (Å²) in [6, 6.07) is 5.38. The lowest BCUT2D eigenvalue weighted by atomic mass is 9.76. The quantitative estimate of drug-likeness (QED) is 0.614. The minimum Gasteiger partial charge on any atom is -0.497 e. The van der Waals surface area contributed by atoms with Gasteiger partial charge in [0.25, 0.3) is 5.91 Å². The number of benzene rings is 1. The topological polar surface area (TPSA) is 88.5 Å². The average molecular weight is 531 g/mol. The lowest BCUT2D eigenvalue weighted by Crippen LogP contribution is -2.44. The van der Waals surface area contributed by atoms with Crippen molar-refractivity contribution in [3.8, 4) is 11.5 Å². The van der Waals surface area contributed by atoms with Crippen molar-refractivity contribution in [1.82, 2.24) is 9.80 Å². The molecule has 3 fully saturated rings. The highest BCUT2D eigenvalue weighted by atomic mass is 19.4. The maximum Gasteiger partial charge on any atom is 0.490 e. The van der Waals surface area contributed by atoms with Crippen LogP contribution in [0.3, 0.4) is 0 Å². The molecule has 1 aromatic carbocycles. The van der Waals surface area contributed by atoms with E-state index in [0.717, 1.165) is 51.4 Å². The van der Waals surface area contributed by atoms with Gasteiger partial charge in [0.15, 0.2) is 0 Å². The largest absolute Gasteiger partial charge is 0.497 e. The number of methoxy groups -OCH3 is 2. The second-order valence-electron chi connectivity index (χ2n) is 10.3. The minimum absolute atomic E-state index is 0.0554. The lowest BCUT2D eigenvalue weighted by Gasteiger charge is -2.38. The normalized spacial score (nSPS) is 23.8. The van der Waals surface area contributed by atoms with Crippen LogP contribution >= 0.6 is 0 Å². The van der Waals surface area contributed by atoms with E-state index in [1.165, 1.54) is 25.9 Å². The first-order chi connectivity index (χ1) is 17.4. The Morgan fingerprint density at radius 2 is 1.70 bits per heavy atom. The number of halogens is 3. The zero-order valence-corrected chi connectivity index (χ0v) is 21.7. The van der Waals surface area contributed by atoms with Crippen LogP contribution in [0.1, 0.15) is 49.4 Å². The van der Waals surface area contributed by atoms with Crippen molar-refractivity contribution >= 4 is 11.9 Å². The number of ether oxygens (including phenoxy) is 3. The molecule has 0 radical (unpaired) electrons. The Balaban J connectivity index is 0.000000479. The number of aliphatic carboxylic acids is 1. The molecular formula is C26H37F3N2O6. The molecule has 3 heterocycles. The maximum atomic E-state index is 13.1. The van der Waals surface area contributed by atoms with E-state index in [9.17, 15) is 18.0 Å². The third kappa shape index (κ3) is 7.98. The van der Waals surface area contributed by atoms with Crippen molar-refractivity contribution < 1.29 is 42.1 Å². The van der Waals surface area contributed by atoms with Crippen LogP contribution in [0.25, 0.3) is 0 Å². The number of nitrogens with zero attached hydrogens (tertiary/aromatic N) is 2. The fraction of sp³-hybridized carbons (Fsp3) is 0.692. The van der Waals surface area contributed by atoms with Crippen LogP contribution in [0, 0.1) is 11.3 Å². The van der Waals surface area contributed by atoms with Gasteiger partial charge in [0.2, 0.25) is 0 Å². The van der Waals surface area contributed by atoms with Crippen LogP contribution < -0.4 is 9.47 Å². The molecule has 11 heteroatoms. The molecule has 1 amide bonds. The van der Waals surface area contributed by atoms with Crippen molar-refractivity contribution in [3.05, 3.63) is 23.8 Å². The second-order valence-corrected chi connectivity index (χ2v) is 10.3. The zero-order valence-electron chi connectivity index (χ0n) is 21.7. The molecule has 2 atom stereocenters. The fourth-order valence-corrected chi connectivity index (χ4v) is 5.40. The van der Waals surface area contributed by atoms with Gasteiger partial charge in [-0.3, -0.25) is 4.79 Å². The molecular weight excluding hydrogens is 493 g/mol. The van der Waals surface area contributed by atoms with Crippen LogP contribution in [0.15, 0.2) is 18.2 Å². The molecule has 0 bridgehead atoms. The number of likely N-dealkylation sites (tertiary alicyclic amines) is 2. The number of carbonyl (C=O) groups is 2. The number of hydrogen-bond donors (Lipinski definition) is 1. The number of carboxylic acid groups (broad SMARTS) is 1. The predicted molar refractivity (Wildman–Crippen MR) is 130 cm³/mol. The van der Waals surface area contributed by atoms with Crippen LogP contribution in [0.4, 0.5) is 13.2 Å². The van der Waals surface area contributed by atoms with E-state index >= 15 is 0 Å². The third-order valence-electron chi connectivity index (χ3n) is 7.44. The molecule has 0 aromatic heterocycles. The molecule has 37 heavy (non-hydrogen) atoms. The van der Waals surface area contributed by atoms with Gasteiger partial charge in [-0.2, -0.15) is 13.2 Å². The summed E-state index contributed by atoms with van der Waals surface area (Å²) in [5, 5.41) is 7.12. The SMILES string of the molecule is COc1cc(OC)cc(C(=O)N2CCC3(CC2)COC(CN2CCCC(C)C2)C3)c1.O=C(O)C(F)(F)F. The van der Waals surface area contributed by atoms with Crippen molar-refractivity contribution in [2.45, 2.75) is 51.3 Å². The fourth-order valence-electron chi connectivity index (χ4n) is 5.40. The van der Waals surface area contributed by atoms with Crippen molar-refractivity contribution in [2.75, 3.05) is 53.6 Å². The summed E-state index contributed by atoms with van der Waals surface area (Å²) in [5.74, 6) is -0.610. The van der Waals surface area contributed by atoms with Crippen LogP contribution in [0.2, 0.25) is 0 Å². The molecule has 0 aliphatic carbocycles. The summed E-state index contributed by atoms with van der Waals surface area (Å²) in [6.45, 7) is 8.26. The number of piperidine rings is 2. The highest BCUT2D eigenvalue weighted by Crippen LogP contribution is 2.42. The number of carbonyl (C=O) groups excluding carboxylic acids is 1. The van der Waals surface area contributed by atoms with Gasteiger partial charge in [-0.1, -0.05) is 6.92 Å². The van der Waals surface area contributed by atoms with E-state index in [4.69, 9.17) is 24.1 Å². The molecule has 1 aromatic rings. The van der Waals surface area contributed by atoms with Gasteiger partial charge in [-0.25, -0.2) is 4.79 Å². The molecule has 4 rings (SSSR count). The molecule has 3 saturated heterocycles. The predicted octanol–water partition coefficient (Wildman–Crippen LogP) is 4.08. The van der Waals surface area contributed by atoms with Crippen LogP contribution in [0.5, 0.6) is 11.5 Å². The Hall–Kier alpha value is -2.53. The van der Waals surface area contributed by atoms with Crippen LogP contribution in [-0.4, -0.2) is 92.6 Å². The van der Waals surface area contributed by atoms with Gasteiger partial charge < -0.3 is 29.1 Å². The summed E-state index contributed by atoms with van der Waals surface area (Å²) in [5.41, 5.74) is 0.872. The molecule has 208 valence electrons. The van der Waals surface area contributed by atoms with E-state index in [1.54, 1.807) is 32.4 Å². The molecule has 3 aliphatic rings. The molecule has 1 spiro atoms. The van der Waals surface area contributed by atoms with Gasteiger partial charge in [0.1, 0.15) is 11.5 Å². The highest BCUT2D eigenvalue weighted by molar-refractivity contribution is 5.95. The molecule has 2 unspecified atom stereocenters. The third-order valence-corrected chi connectivity index (χ3v) is 7.44. The minimum atomic E-state index is -5.08. The van der Waals surface area contributed by atoms with E-state index in [2.05, 4.69) is 11.8 Å². The summed E-state index contributed by atoms with van der Waals surface area (Å²) in [6.07, 6.45) is 1.10. The Labute approximate surface area is 215 Å². The first-order valence-electron chi connectivity index (χ1n) is 12.6. The Kier molecular flexibility index (Phi) is 9.68. The summed E-state index contributed by atoms with van der Waals surface area (Å²) in [7, 11) is 3.21. The highest BCUT2D eigenvalue weighted by Gasteiger charge is 2.43. The number of amides is 1. The molecule has 3 aliphatic heterocycles. The summed E-state index contributed by atoms with van der Waals surface area (Å²) < 4.78 is 48.6. The van der Waals surface area contributed by atoms with Gasteiger partial charge >= 0.3 is 12.1 Å². The number of alkyl halides is 3. The molecule has 1 N–H and O–H groups in total. The Morgan fingerprint density at radius 3 is 2.22 bits per heavy atom. The first-order valence-corrected chi connectivity index (χ1v) is 12.6. The second kappa shape index (κ2) is 12.3. The number of hydrogen-bond acceptors (Lipinski definition) is 6. The van der Waals surface area contributed by atoms with E-state index in [-0.39, 0.29) is 11.3 Å². The van der Waals surface area contributed by atoms with Crippen LogP contribution in [-0.2, 0) is 9.53 Å². The van der Waals surface area contributed by atoms with E-state index in [1.807, 2.05) is 4.90 Å². The monoisotopic (exact) mass is 530 g/mol. The van der Waals surface area contributed by atoms with Gasteiger partial charge in [0.05, 0.1) is 26.9 Å². The van der Waals surface area contributed by atoms with Crippen molar-refractivity contribution in [1.29, 1.82) is 0 Å². The summed E-state index contributed by atoms with van der Waals surface area (Å²) >= 11 is 0. The van der Waals surface area contributed by atoms with E-state index in [0.29, 0.717) is 23.2 Å². The molecule has 0 saturated carbocycles. The van der Waals surface area contributed by atoms with E-state index < -0.39 is 12.1 Å². The average Bonchev–Trinajstić information content (AvgIpc) is 3.25. The Morgan fingerprint density at radius 1 is 1.11 bits per heavy atom. The van der Waals surface area contributed by atoms with Gasteiger partial charge in [-0.15, -0.1) is 0 Å². The van der Waals surface area contributed by atoms with Gasteiger partial charge in [-0.05, 0) is 62.1 Å². The zero-order chi connectivity index (χ0) is 27.2. The molecule has 8 nitrogen and oxygen atoms in total. The first kappa shape index (κ1) is 29.0. The summed E-state index contributed by atoms with van der Waals surface area (Å²) in [4.78, 5) is 26.5. The van der Waals surface area contributed by atoms with Crippen molar-refractivity contribution in [3.63, 3.8) is 0 Å². The smallest absolute Gasteiger partial charge is 0.490 e. The number of carboxylic acids is 1. The Bertz CT molecular complexity index is 911. The number of rotatable bonds is 5. The van der Waals surface area contributed by atoms with Crippen molar-refractivity contribution in [2.24, 2.45) is 11.3 Å². The lowest BCUT2D eigenvalue weighted by molar-refractivity contribution is -0.192. The maximum absolute atomic E-state index is 13.1. The van der Waals surface area contributed by atoms with Gasteiger partial charge in [0, 0.05) is 37.8 Å².